The highest BCUT2D eigenvalue weighted by atomic mass is 16.6. The Kier molecular flexibility index (Phi) is 7.44. The summed E-state index contributed by atoms with van der Waals surface area (Å²) < 4.78 is 11.8. The van der Waals surface area contributed by atoms with Gasteiger partial charge in [-0.05, 0) is 37.3 Å². The van der Waals surface area contributed by atoms with Gasteiger partial charge in [-0.3, -0.25) is 4.79 Å². The van der Waals surface area contributed by atoms with Gasteiger partial charge in [-0.2, -0.15) is 0 Å². The highest BCUT2D eigenvalue weighted by molar-refractivity contribution is 6.01. The molecule has 0 saturated carbocycles. The van der Waals surface area contributed by atoms with E-state index in [0.29, 0.717) is 29.4 Å². The zero-order chi connectivity index (χ0) is 21.2. The van der Waals surface area contributed by atoms with Crippen molar-refractivity contribution in [3.63, 3.8) is 0 Å². The maximum Gasteiger partial charge on any atom is 0.307 e. The van der Waals surface area contributed by atoms with Gasteiger partial charge in [-0.25, -0.2) is 0 Å². The van der Waals surface area contributed by atoms with Crippen LogP contribution in [0.25, 0.3) is 0 Å². The molecule has 0 fully saturated rings. The SMILES string of the molecule is CCO/N=C(\COc1ccccc1CC(=O)O)c1cccc(Oc2ccccc2)c1. The molecule has 0 saturated heterocycles. The normalized spacial score (nSPS) is 11.0. The lowest BCUT2D eigenvalue weighted by Crippen LogP contribution is -2.15. The molecule has 0 atom stereocenters. The summed E-state index contributed by atoms with van der Waals surface area (Å²) in [6.45, 7) is 2.38. The highest BCUT2D eigenvalue weighted by Crippen LogP contribution is 2.23. The number of nitrogens with zero attached hydrogens (tertiary/aromatic N) is 1. The average Bonchev–Trinajstić information content (AvgIpc) is 2.75. The lowest BCUT2D eigenvalue weighted by molar-refractivity contribution is -0.136. The van der Waals surface area contributed by atoms with E-state index < -0.39 is 5.97 Å². The van der Waals surface area contributed by atoms with Gasteiger partial charge < -0.3 is 19.4 Å². The Bertz CT molecular complexity index is 1000. The number of aliphatic carboxylic acids is 1. The first-order valence-electron chi connectivity index (χ1n) is 9.60. The van der Waals surface area contributed by atoms with Crippen LogP contribution in [0.4, 0.5) is 0 Å². The third-order valence-corrected chi connectivity index (χ3v) is 4.13. The summed E-state index contributed by atoms with van der Waals surface area (Å²) in [4.78, 5) is 16.4. The summed E-state index contributed by atoms with van der Waals surface area (Å²) in [5.74, 6) is 0.978. The molecule has 6 heteroatoms. The van der Waals surface area contributed by atoms with Gasteiger partial charge in [0.05, 0.1) is 6.42 Å². The summed E-state index contributed by atoms with van der Waals surface area (Å²) in [5.41, 5.74) is 1.95. The number of para-hydroxylation sites is 2. The monoisotopic (exact) mass is 405 g/mol. The molecule has 0 aliphatic rings. The molecule has 0 aliphatic carbocycles. The summed E-state index contributed by atoms with van der Waals surface area (Å²) in [6.07, 6.45) is -0.117. The molecule has 0 unspecified atom stereocenters. The van der Waals surface area contributed by atoms with Crippen LogP contribution < -0.4 is 9.47 Å². The Hall–Kier alpha value is -3.80. The van der Waals surface area contributed by atoms with Crippen LogP contribution >= 0.6 is 0 Å². The molecular formula is C24H23NO5. The lowest BCUT2D eigenvalue weighted by Gasteiger charge is -2.13. The minimum atomic E-state index is -0.917. The van der Waals surface area contributed by atoms with Crippen molar-refractivity contribution in [2.75, 3.05) is 13.2 Å². The van der Waals surface area contributed by atoms with Crippen molar-refractivity contribution in [1.29, 1.82) is 0 Å². The van der Waals surface area contributed by atoms with Crippen molar-refractivity contribution in [3.05, 3.63) is 90.0 Å². The number of ether oxygens (including phenoxy) is 2. The standard InChI is InChI=1S/C24H23NO5/c1-2-29-25-22(17-28-23-14-7-6-9-19(23)16-24(26)27)18-10-8-13-21(15-18)30-20-11-4-3-5-12-20/h3-15H,2,16-17H2,1H3,(H,26,27)/b25-22+. The number of hydrogen-bond donors (Lipinski definition) is 1. The Labute approximate surface area is 175 Å². The number of carboxylic acids is 1. The molecular weight excluding hydrogens is 382 g/mol. The van der Waals surface area contributed by atoms with Crippen LogP contribution in [0.1, 0.15) is 18.1 Å². The molecule has 1 N–H and O–H groups in total. The quantitative estimate of drug-likeness (QED) is 0.382. The fourth-order valence-electron chi connectivity index (χ4n) is 2.77. The summed E-state index contributed by atoms with van der Waals surface area (Å²) >= 11 is 0. The van der Waals surface area contributed by atoms with Gasteiger partial charge in [-0.1, -0.05) is 53.7 Å². The second-order valence-corrected chi connectivity index (χ2v) is 6.37. The van der Waals surface area contributed by atoms with Crippen molar-refractivity contribution in [2.45, 2.75) is 13.3 Å². The van der Waals surface area contributed by atoms with Gasteiger partial charge in [-0.15, -0.1) is 0 Å². The number of oxime groups is 1. The molecule has 0 amide bonds. The van der Waals surface area contributed by atoms with E-state index >= 15 is 0 Å². The molecule has 154 valence electrons. The topological polar surface area (TPSA) is 77.4 Å². The first kappa shape index (κ1) is 20.9. The van der Waals surface area contributed by atoms with Gasteiger partial charge >= 0.3 is 5.97 Å². The summed E-state index contributed by atoms with van der Waals surface area (Å²) in [5, 5.41) is 13.3. The van der Waals surface area contributed by atoms with Crippen molar-refractivity contribution in [3.8, 4) is 17.2 Å². The molecule has 0 aliphatic heterocycles. The number of hydrogen-bond acceptors (Lipinski definition) is 5. The van der Waals surface area contributed by atoms with Crippen molar-refractivity contribution in [2.24, 2.45) is 5.16 Å². The molecule has 30 heavy (non-hydrogen) atoms. The summed E-state index contributed by atoms with van der Waals surface area (Å²) in [6, 6.07) is 24.0. The first-order valence-corrected chi connectivity index (χ1v) is 9.60. The van der Waals surface area contributed by atoms with Crippen LogP contribution in [0.15, 0.2) is 84.0 Å². The largest absolute Gasteiger partial charge is 0.487 e. The molecule has 0 bridgehead atoms. The second kappa shape index (κ2) is 10.7. The molecule has 6 nitrogen and oxygen atoms in total. The fraction of sp³-hybridized carbons (Fsp3) is 0.167. The van der Waals surface area contributed by atoms with Crippen LogP contribution in [0.5, 0.6) is 17.2 Å². The smallest absolute Gasteiger partial charge is 0.307 e. The number of benzene rings is 3. The molecule has 3 rings (SSSR count). The maximum absolute atomic E-state index is 11.1. The van der Waals surface area contributed by atoms with Crippen molar-refractivity contribution in [1.82, 2.24) is 0 Å². The molecule has 3 aromatic carbocycles. The molecule has 0 spiro atoms. The zero-order valence-corrected chi connectivity index (χ0v) is 16.7. The van der Waals surface area contributed by atoms with E-state index in [4.69, 9.17) is 19.4 Å². The molecule has 0 aromatic heterocycles. The van der Waals surface area contributed by atoms with Gasteiger partial charge in [0.25, 0.3) is 0 Å². The minimum Gasteiger partial charge on any atom is -0.487 e. The Morgan fingerprint density at radius 2 is 1.67 bits per heavy atom. The van der Waals surface area contributed by atoms with E-state index in [9.17, 15) is 4.79 Å². The molecule has 0 heterocycles. The van der Waals surface area contributed by atoms with Gasteiger partial charge in [0, 0.05) is 11.1 Å². The van der Waals surface area contributed by atoms with E-state index in [2.05, 4.69) is 5.16 Å². The van der Waals surface area contributed by atoms with Crippen LogP contribution in [0, 0.1) is 0 Å². The average molecular weight is 405 g/mol. The number of carboxylic acid groups (broad SMARTS) is 1. The Morgan fingerprint density at radius 1 is 0.933 bits per heavy atom. The predicted octanol–water partition coefficient (Wildman–Crippen LogP) is 4.93. The minimum absolute atomic E-state index is 0.116. The predicted molar refractivity (Wildman–Crippen MR) is 114 cm³/mol. The highest BCUT2D eigenvalue weighted by Gasteiger charge is 2.12. The first-order chi connectivity index (χ1) is 14.7. The van der Waals surface area contributed by atoms with Gasteiger partial charge in [0.2, 0.25) is 0 Å². The summed E-state index contributed by atoms with van der Waals surface area (Å²) in [7, 11) is 0. The maximum atomic E-state index is 11.1. The van der Waals surface area contributed by atoms with Crippen LogP contribution in [0.3, 0.4) is 0 Å². The van der Waals surface area contributed by atoms with Crippen LogP contribution in [-0.4, -0.2) is 30.0 Å². The van der Waals surface area contributed by atoms with Crippen LogP contribution in [-0.2, 0) is 16.1 Å². The fourth-order valence-corrected chi connectivity index (χ4v) is 2.77. The van der Waals surface area contributed by atoms with E-state index in [1.54, 1.807) is 24.3 Å². The second-order valence-electron chi connectivity index (χ2n) is 6.37. The zero-order valence-electron chi connectivity index (χ0n) is 16.7. The van der Waals surface area contributed by atoms with E-state index in [0.717, 1.165) is 11.3 Å². The third kappa shape index (κ3) is 6.10. The Balaban J connectivity index is 1.79. The molecule has 0 radical (unpaired) electrons. The van der Waals surface area contributed by atoms with E-state index in [1.807, 2.05) is 61.5 Å². The lowest BCUT2D eigenvalue weighted by atomic mass is 10.1. The Morgan fingerprint density at radius 3 is 2.43 bits per heavy atom. The molecule has 3 aromatic rings. The van der Waals surface area contributed by atoms with Crippen LogP contribution in [0.2, 0.25) is 0 Å². The van der Waals surface area contributed by atoms with Crippen molar-refractivity contribution >= 4 is 11.7 Å². The van der Waals surface area contributed by atoms with Gasteiger partial charge in [0.15, 0.2) is 0 Å². The number of carbonyl (C=O) groups is 1. The van der Waals surface area contributed by atoms with E-state index in [1.165, 1.54) is 0 Å². The van der Waals surface area contributed by atoms with Gasteiger partial charge in [0.1, 0.15) is 36.2 Å². The number of rotatable bonds is 10. The van der Waals surface area contributed by atoms with Crippen molar-refractivity contribution < 1.29 is 24.2 Å². The third-order valence-electron chi connectivity index (χ3n) is 4.13. The van der Waals surface area contributed by atoms with E-state index in [-0.39, 0.29) is 13.0 Å².